The Kier molecular flexibility index (Phi) is 13.6. The van der Waals surface area contributed by atoms with Crippen molar-refractivity contribution in [1.82, 2.24) is 10.3 Å². The number of piperazine rings is 1. The normalized spacial score (nSPS) is 20.7. The third-order valence-corrected chi connectivity index (χ3v) is 15.9. The summed E-state index contributed by atoms with van der Waals surface area (Å²) in [5.74, 6) is 2.09. The van der Waals surface area contributed by atoms with E-state index in [1.807, 2.05) is 36.4 Å². The topological polar surface area (TPSA) is 140 Å². The van der Waals surface area contributed by atoms with Gasteiger partial charge in [-0.15, -0.1) is 0 Å². The molecule has 3 fully saturated rings. The number of aromatic nitrogens is 1. The highest BCUT2D eigenvalue weighted by molar-refractivity contribution is 5.93. The summed E-state index contributed by atoms with van der Waals surface area (Å²) < 4.78 is 18.7. The number of phenolic OH excluding ortho intramolecular Hbond substituents is 2. The molecule has 3 heterocycles. The number of methoxy groups -OCH3 is 1. The van der Waals surface area contributed by atoms with Crippen LogP contribution in [-0.2, 0) is 24.7 Å². The molecule has 2 aromatic heterocycles. The van der Waals surface area contributed by atoms with Gasteiger partial charge in [-0.2, -0.15) is 0 Å². The Balaban J connectivity index is 0.978. The van der Waals surface area contributed by atoms with E-state index in [9.17, 15) is 20.1 Å². The van der Waals surface area contributed by atoms with Crippen molar-refractivity contribution in [3.8, 4) is 45.4 Å². The van der Waals surface area contributed by atoms with E-state index in [-0.39, 0.29) is 69.0 Å². The number of nitrogens with one attached hydrogen (secondary N) is 2. The van der Waals surface area contributed by atoms with E-state index in [0.29, 0.717) is 29.9 Å². The predicted octanol–water partition coefficient (Wildman–Crippen LogP) is 11.4. The molecule has 4 atom stereocenters. The molecule has 0 bridgehead atoms. The number of aryl methyl sites for hydroxylation is 2. The van der Waals surface area contributed by atoms with Crippen LogP contribution < -0.4 is 25.1 Å². The number of aliphatic hydroxyl groups is 1. The lowest BCUT2D eigenvalue weighted by Gasteiger charge is -2.46. The van der Waals surface area contributed by atoms with Crippen LogP contribution in [0.5, 0.6) is 23.0 Å². The van der Waals surface area contributed by atoms with Gasteiger partial charge in [-0.3, -0.25) is 4.79 Å². The molecule has 10 rings (SSSR count). The summed E-state index contributed by atoms with van der Waals surface area (Å²) in [6, 6.07) is 39.8. The van der Waals surface area contributed by atoms with E-state index in [1.54, 1.807) is 18.2 Å². The van der Waals surface area contributed by atoms with Crippen LogP contribution in [0.1, 0.15) is 79.8 Å². The molecule has 362 valence electrons. The number of nitrogens with zero attached hydrogens (tertiary/aromatic N) is 1. The van der Waals surface area contributed by atoms with Gasteiger partial charge in [-0.25, -0.2) is 0 Å². The average molecular weight is 940 g/mol. The van der Waals surface area contributed by atoms with Crippen LogP contribution in [0.3, 0.4) is 0 Å². The molecule has 2 aliphatic carbocycles. The van der Waals surface area contributed by atoms with Gasteiger partial charge in [0.2, 0.25) is 5.75 Å². The van der Waals surface area contributed by atoms with E-state index in [1.165, 1.54) is 86.5 Å². The lowest BCUT2D eigenvalue weighted by atomic mass is 9.58. The zero-order chi connectivity index (χ0) is 48.2. The van der Waals surface area contributed by atoms with Crippen molar-refractivity contribution < 1.29 is 29.2 Å². The van der Waals surface area contributed by atoms with Gasteiger partial charge in [0.25, 0.3) is 0 Å². The number of aromatic hydroxyl groups is 2. The van der Waals surface area contributed by atoms with E-state index in [0.717, 1.165) is 49.3 Å². The maximum atomic E-state index is 14.3. The van der Waals surface area contributed by atoms with Crippen molar-refractivity contribution in [2.45, 2.75) is 82.7 Å². The van der Waals surface area contributed by atoms with Crippen LogP contribution in [0.2, 0.25) is 0 Å². The molecule has 70 heavy (non-hydrogen) atoms. The highest BCUT2D eigenvalue weighted by Crippen LogP contribution is 2.65. The number of H-pyrrole nitrogens is 1. The maximum Gasteiger partial charge on any atom is 0.204 e. The van der Waals surface area contributed by atoms with Gasteiger partial charge in [-0.05, 0) is 109 Å². The summed E-state index contributed by atoms with van der Waals surface area (Å²) in [6.45, 7) is 6.28. The first-order valence-corrected chi connectivity index (χ1v) is 25.2. The number of fused-ring (bicyclic) bond motifs is 1. The average Bonchev–Trinajstić information content (AvgIpc) is 4.12. The number of ether oxygens (including phenoxy) is 2. The second-order valence-electron chi connectivity index (χ2n) is 19.9. The van der Waals surface area contributed by atoms with E-state index in [4.69, 9.17) is 13.9 Å². The molecule has 10 nitrogen and oxygen atoms in total. The van der Waals surface area contributed by atoms with E-state index in [2.05, 4.69) is 82.8 Å². The monoisotopic (exact) mass is 939 g/mol. The summed E-state index contributed by atoms with van der Waals surface area (Å²) in [5, 5.41) is 36.7. The zero-order valence-electron chi connectivity index (χ0n) is 40.4. The first-order valence-electron chi connectivity index (χ1n) is 25.2. The third-order valence-electron chi connectivity index (χ3n) is 15.9. The quantitative estimate of drug-likeness (QED) is 0.0640. The van der Waals surface area contributed by atoms with Crippen LogP contribution >= 0.6 is 0 Å². The molecule has 1 aliphatic heterocycles. The zero-order valence-corrected chi connectivity index (χ0v) is 40.4. The first-order chi connectivity index (χ1) is 34.1. The molecule has 5 N–H and O–H groups in total. The van der Waals surface area contributed by atoms with Crippen molar-refractivity contribution in [2.24, 2.45) is 11.3 Å². The lowest BCUT2D eigenvalue weighted by Crippen LogP contribution is -2.44. The summed E-state index contributed by atoms with van der Waals surface area (Å²) in [7, 11) is 1.44. The largest absolute Gasteiger partial charge is 0.508 e. The van der Waals surface area contributed by atoms with Gasteiger partial charge in [0.15, 0.2) is 16.9 Å². The van der Waals surface area contributed by atoms with Crippen molar-refractivity contribution in [2.75, 3.05) is 44.8 Å². The Morgan fingerprint density at radius 3 is 2.34 bits per heavy atom. The highest BCUT2D eigenvalue weighted by atomic mass is 16.5. The van der Waals surface area contributed by atoms with Gasteiger partial charge in [0.1, 0.15) is 28.3 Å². The first kappa shape index (κ1) is 47.0. The summed E-state index contributed by atoms with van der Waals surface area (Å²) in [5.41, 5.74) is 8.22. The number of rotatable bonds is 16. The number of hydrogen-bond acceptors (Lipinski definition) is 9. The van der Waals surface area contributed by atoms with Crippen LogP contribution in [0.25, 0.3) is 39.5 Å². The lowest BCUT2D eigenvalue weighted by molar-refractivity contribution is 0.105. The molecule has 2 saturated carbocycles. The Morgan fingerprint density at radius 1 is 0.829 bits per heavy atom. The van der Waals surface area contributed by atoms with Crippen molar-refractivity contribution in [3.05, 3.63) is 166 Å². The Bertz CT molecular complexity index is 3010. The van der Waals surface area contributed by atoms with E-state index >= 15 is 0 Å². The molecule has 7 aromatic rings. The van der Waals surface area contributed by atoms with Gasteiger partial charge in [-0.1, -0.05) is 117 Å². The number of aliphatic hydroxyl groups excluding tert-OH is 1. The minimum Gasteiger partial charge on any atom is -0.508 e. The Labute approximate surface area is 410 Å². The van der Waals surface area contributed by atoms with Crippen LogP contribution in [0, 0.1) is 11.3 Å². The fraction of sp³-hybridized carbons (Fsp3) is 0.350. The fourth-order valence-corrected chi connectivity index (χ4v) is 12.2. The Hall–Kier alpha value is -6.75. The molecule has 3 aliphatic rings. The number of benzene rings is 5. The van der Waals surface area contributed by atoms with Gasteiger partial charge >= 0.3 is 0 Å². The SMILES string of the molecule is COc1c(O)c(CCc2cccc(-c3cc(C4(C)CCCC45CCCC5Cc4ccccc4)[nH]c3N3CCNCC3)c2)c2oc(-c3ccc(O)cc3)cc(=O)c2c1OCCC(O)C=Cc1ccccc1. The number of aromatic amines is 1. The minimum atomic E-state index is -0.823. The molecule has 0 amide bonds. The highest BCUT2D eigenvalue weighted by Gasteiger charge is 2.58. The van der Waals surface area contributed by atoms with Gasteiger partial charge in [0, 0.05) is 66.5 Å². The molecule has 0 radical (unpaired) electrons. The van der Waals surface area contributed by atoms with Gasteiger partial charge < -0.3 is 44.4 Å². The van der Waals surface area contributed by atoms with Crippen molar-refractivity contribution in [3.63, 3.8) is 0 Å². The minimum absolute atomic E-state index is 0.0111. The van der Waals surface area contributed by atoms with Gasteiger partial charge in [0.05, 0.1) is 19.8 Å². The molecular weight excluding hydrogens is 875 g/mol. The molecule has 1 spiro atoms. The second kappa shape index (κ2) is 20.3. The number of hydrogen-bond donors (Lipinski definition) is 5. The predicted molar refractivity (Wildman–Crippen MR) is 279 cm³/mol. The molecule has 4 unspecified atom stereocenters. The van der Waals surface area contributed by atoms with Crippen LogP contribution in [0.4, 0.5) is 5.82 Å². The maximum absolute atomic E-state index is 14.3. The summed E-state index contributed by atoms with van der Waals surface area (Å²) in [4.78, 5) is 20.9. The van der Waals surface area contributed by atoms with Crippen molar-refractivity contribution in [1.29, 1.82) is 0 Å². The second-order valence-corrected chi connectivity index (χ2v) is 19.9. The van der Waals surface area contributed by atoms with Crippen molar-refractivity contribution >= 4 is 22.9 Å². The Morgan fingerprint density at radius 2 is 1.57 bits per heavy atom. The summed E-state index contributed by atoms with van der Waals surface area (Å²) in [6.07, 6.45) is 12.4. The molecule has 1 saturated heterocycles. The molecule has 5 aromatic carbocycles. The van der Waals surface area contributed by atoms with Crippen LogP contribution in [0.15, 0.2) is 137 Å². The third kappa shape index (κ3) is 9.22. The van der Waals surface area contributed by atoms with Crippen LogP contribution in [-0.4, -0.2) is 66.3 Å². The standard InChI is InChI=1S/C60H65N3O7/c1-59(28-11-30-60(59)29-10-18-45(60)37-41-14-7-4-8-15-41)52-38-49(58(62-52)63-33-31-61-32-34-63)44-17-9-16-42(36-44)20-26-48-54(67)57(68-2)56(69-35-27-47(65)23-19-40-12-5-3-6-13-40)53-50(66)39-51(70-55(48)53)43-21-24-46(64)25-22-43/h3-9,12-17,19,21-25,36,38-39,45,47,61-62,64-65,67H,10-11,18,20,26-35,37H2,1-2H3. The van der Waals surface area contributed by atoms with E-state index < -0.39 is 6.10 Å². The molecular formula is C60H65N3O7. The number of anilines is 1. The number of phenols is 2. The fourth-order valence-electron chi connectivity index (χ4n) is 12.2. The molecule has 10 heteroatoms. The summed E-state index contributed by atoms with van der Waals surface area (Å²) >= 11 is 0. The smallest absolute Gasteiger partial charge is 0.204 e.